The van der Waals surface area contributed by atoms with Crippen LogP contribution in [0.4, 0.5) is 5.13 Å². The quantitative estimate of drug-likeness (QED) is 0.205. The van der Waals surface area contributed by atoms with Gasteiger partial charge in [0.2, 0.25) is 5.91 Å². The molecule has 2 amide bonds. The Hall–Kier alpha value is -3.47. The number of halogens is 1. The van der Waals surface area contributed by atoms with Gasteiger partial charge in [0.1, 0.15) is 0 Å². The maximum atomic E-state index is 12.6. The van der Waals surface area contributed by atoms with Crippen molar-refractivity contribution in [2.45, 2.75) is 24.7 Å². The summed E-state index contributed by atoms with van der Waals surface area (Å²) in [5, 5.41) is 17.8. The molecule has 0 unspecified atom stereocenters. The molecule has 0 bridgehead atoms. The fourth-order valence-electron chi connectivity index (χ4n) is 3.33. The molecule has 2 N–H and O–H groups in total. The topological polar surface area (TPSA) is 102 Å². The van der Waals surface area contributed by atoms with E-state index in [2.05, 4.69) is 32.4 Å². The van der Waals surface area contributed by atoms with Gasteiger partial charge in [-0.05, 0) is 31.2 Å². The first kappa shape index (κ1) is 25.6. The van der Waals surface area contributed by atoms with E-state index in [9.17, 15) is 9.59 Å². The molecular weight excluding hydrogens is 516 g/mol. The molecule has 2 heterocycles. The van der Waals surface area contributed by atoms with Crippen LogP contribution in [-0.4, -0.2) is 37.3 Å². The molecule has 36 heavy (non-hydrogen) atoms. The average Bonchev–Trinajstić information content (AvgIpc) is 3.51. The highest BCUT2D eigenvalue weighted by Gasteiger charge is 2.20. The molecule has 0 aliphatic heterocycles. The number of hydrogen-bond donors (Lipinski definition) is 2. The van der Waals surface area contributed by atoms with E-state index in [-0.39, 0.29) is 17.6 Å². The highest BCUT2D eigenvalue weighted by molar-refractivity contribution is 7.99. The van der Waals surface area contributed by atoms with Crippen molar-refractivity contribution in [1.29, 1.82) is 0 Å². The van der Waals surface area contributed by atoms with Gasteiger partial charge >= 0.3 is 0 Å². The number of thiazole rings is 1. The zero-order valence-corrected chi connectivity index (χ0v) is 21.7. The standard InChI is InChI=1S/C25H23ClN6O2S2/c1-3-13-32-22(16(2)27-23(34)18-9-11-19(26)12-10-18)30-31-25(32)36-15-21(33)29-24-28-20(14-35-24)17-7-5-4-6-8-17/h3-12,14,16H,1,13,15H2,2H3,(H,27,34)(H,28,29,33)/t16-/m1/s1. The Morgan fingerprint density at radius 2 is 1.92 bits per heavy atom. The molecule has 4 rings (SSSR count). The summed E-state index contributed by atoms with van der Waals surface area (Å²) >= 11 is 8.53. The summed E-state index contributed by atoms with van der Waals surface area (Å²) in [6.45, 7) is 6.06. The molecule has 0 spiro atoms. The number of benzene rings is 2. The van der Waals surface area contributed by atoms with Crippen LogP contribution in [0.2, 0.25) is 5.02 Å². The predicted octanol–water partition coefficient (Wildman–Crippen LogP) is 5.46. The Labute approximate surface area is 221 Å². The third-order valence-electron chi connectivity index (χ3n) is 5.05. The average molecular weight is 539 g/mol. The number of nitrogens with one attached hydrogen (secondary N) is 2. The van der Waals surface area contributed by atoms with E-state index < -0.39 is 6.04 Å². The number of carbonyl (C=O) groups excluding carboxylic acids is 2. The van der Waals surface area contributed by atoms with E-state index >= 15 is 0 Å². The normalized spacial score (nSPS) is 11.6. The number of hydrogen-bond acceptors (Lipinski definition) is 7. The Morgan fingerprint density at radius 1 is 1.17 bits per heavy atom. The second-order valence-electron chi connectivity index (χ2n) is 7.68. The van der Waals surface area contributed by atoms with Crippen LogP contribution in [0.3, 0.4) is 0 Å². The Bertz CT molecular complexity index is 1350. The van der Waals surface area contributed by atoms with Gasteiger partial charge in [-0.25, -0.2) is 4.98 Å². The number of aromatic nitrogens is 4. The lowest BCUT2D eigenvalue weighted by atomic mass is 10.2. The minimum atomic E-state index is -0.421. The highest BCUT2D eigenvalue weighted by atomic mass is 35.5. The van der Waals surface area contributed by atoms with Crippen molar-refractivity contribution in [3.8, 4) is 11.3 Å². The molecule has 0 aliphatic rings. The summed E-state index contributed by atoms with van der Waals surface area (Å²) in [5.41, 5.74) is 2.30. The minimum absolute atomic E-state index is 0.126. The molecule has 0 fully saturated rings. The fraction of sp³-hybridized carbons (Fsp3) is 0.160. The van der Waals surface area contributed by atoms with Crippen molar-refractivity contribution in [1.82, 2.24) is 25.1 Å². The monoisotopic (exact) mass is 538 g/mol. The summed E-state index contributed by atoms with van der Waals surface area (Å²) in [4.78, 5) is 29.7. The van der Waals surface area contributed by atoms with Gasteiger partial charge < -0.3 is 15.2 Å². The molecule has 2 aromatic heterocycles. The zero-order valence-electron chi connectivity index (χ0n) is 19.3. The van der Waals surface area contributed by atoms with Crippen molar-refractivity contribution < 1.29 is 9.59 Å². The fourth-order valence-corrected chi connectivity index (χ4v) is 4.95. The van der Waals surface area contributed by atoms with Crippen LogP contribution in [0.5, 0.6) is 0 Å². The molecule has 184 valence electrons. The SMILES string of the molecule is C=CCn1c(SCC(=O)Nc2nc(-c3ccccc3)cs2)nnc1[C@@H](C)NC(=O)c1ccc(Cl)cc1. The molecule has 1 atom stereocenters. The van der Waals surface area contributed by atoms with Crippen LogP contribution < -0.4 is 10.6 Å². The van der Waals surface area contributed by atoms with Crippen LogP contribution in [-0.2, 0) is 11.3 Å². The van der Waals surface area contributed by atoms with Crippen molar-refractivity contribution in [3.05, 3.63) is 89.0 Å². The number of anilines is 1. The largest absolute Gasteiger partial charge is 0.342 e. The van der Waals surface area contributed by atoms with Crippen molar-refractivity contribution >= 4 is 51.6 Å². The van der Waals surface area contributed by atoms with Gasteiger partial charge in [0.05, 0.1) is 17.5 Å². The molecule has 0 aliphatic carbocycles. The van der Waals surface area contributed by atoms with Gasteiger partial charge in [-0.15, -0.1) is 28.1 Å². The Kier molecular flexibility index (Phi) is 8.52. The molecule has 11 heteroatoms. The van der Waals surface area contributed by atoms with E-state index in [0.717, 1.165) is 11.3 Å². The summed E-state index contributed by atoms with van der Waals surface area (Å²) in [6.07, 6.45) is 1.71. The van der Waals surface area contributed by atoms with E-state index in [4.69, 9.17) is 11.6 Å². The molecule has 0 radical (unpaired) electrons. The second-order valence-corrected chi connectivity index (χ2v) is 9.92. The lowest BCUT2D eigenvalue weighted by Gasteiger charge is -2.15. The first-order valence-corrected chi connectivity index (χ1v) is 13.2. The molecule has 8 nitrogen and oxygen atoms in total. The third kappa shape index (κ3) is 6.39. The van der Waals surface area contributed by atoms with E-state index in [1.165, 1.54) is 23.1 Å². The number of nitrogens with zero attached hydrogens (tertiary/aromatic N) is 4. The number of carbonyl (C=O) groups is 2. The second kappa shape index (κ2) is 12.0. The third-order valence-corrected chi connectivity index (χ3v) is 7.03. The Morgan fingerprint density at radius 3 is 2.64 bits per heavy atom. The van der Waals surface area contributed by atoms with E-state index in [1.807, 2.05) is 47.2 Å². The zero-order chi connectivity index (χ0) is 25.5. The smallest absolute Gasteiger partial charge is 0.251 e. The maximum Gasteiger partial charge on any atom is 0.251 e. The van der Waals surface area contributed by atoms with Crippen molar-refractivity contribution in [3.63, 3.8) is 0 Å². The first-order valence-electron chi connectivity index (χ1n) is 11.0. The van der Waals surface area contributed by atoms with Gasteiger partial charge in [0.15, 0.2) is 16.1 Å². The Balaban J connectivity index is 1.37. The summed E-state index contributed by atoms with van der Waals surface area (Å²) in [6, 6.07) is 16.0. The van der Waals surface area contributed by atoms with Gasteiger partial charge in [-0.1, -0.05) is 59.8 Å². The van der Waals surface area contributed by atoms with Crippen molar-refractivity contribution in [2.24, 2.45) is 0 Å². The molecular formula is C25H23ClN6O2S2. The summed E-state index contributed by atoms with van der Waals surface area (Å²) in [5.74, 6) is 0.237. The lowest BCUT2D eigenvalue weighted by molar-refractivity contribution is -0.113. The van der Waals surface area contributed by atoms with Gasteiger partial charge in [0.25, 0.3) is 5.91 Å². The van der Waals surface area contributed by atoms with Gasteiger partial charge in [0, 0.05) is 28.1 Å². The van der Waals surface area contributed by atoms with Gasteiger partial charge in [-0.2, -0.15) is 0 Å². The molecule has 2 aromatic carbocycles. The molecule has 4 aromatic rings. The van der Waals surface area contributed by atoms with Crippen LogP contribution in [0.1, 0.15) is 29.1 Å². The van der Waals surface area contributed by atoms with E-state index in [0.29, 0.717) is 33.2 Å². The highest BCUT2D eigenvalue weighted by Crippen LogP contribution is 2.26. The number of amides is 2. The first-order chi connectivity index (χ1) is 17.4. The number of thioether (sulfide) groups is 1. The van der Waals surface area contributed by atoms with Gasteiger partial charge in [-0.3, -0.25) is 9.59 Å². The van der Waals surface area contributed by atoms with Crippen LogP contribution in [0, 0.1) is 0 Å². The van der Waals surface area contributed by atoms with Crippen LogP contribution in [0.15, 0.2) is 77.8 Å². The molecule has 0 saturated heterocycles. The summed E-state index contributed by atoms with van der Waals surface area (Å²) in [7, 11) is 0. The van der Waals surface area contributed by atoms with Crippen molar-refractivity contribution in [2.75, 3.05) is 11.1 Å². The number of allylic oxidation sites excluding steroid dienone is 1. The maximum absolute atomic E-state index is 12.6. The predicted molar refractivity (Wildman–Crippen MR) is 144 cm³/mol. The van der Waals surface area contributed by atoms with Crippen LogP contribution >= 0.6 is 34.7 Å². The summed E-state index contributed by atoms with van der Waals surface area (Å²) < 4.78 is 1.83. The molecule has 0 saturated carbocycles. The van der Waals surface area contributed by atoms with Crippen LogP contribution in [0.25, 0.3) is 11.3 Å². The minimum Gasteiger partial charge on any atom is -0.342 e. The lowest BCUT2D eigenvalue weighted by Crippen LogP contribution is -2.28. The van der Waals surface area contributed by atoms with E-state index in [1.54, 1.807) is 30.3 Å². The number of rotatable bonds is 10.